The van der Waals surface area contributed by atoms with E-state index in [2.05, 4.69) is 25.9 Å². The number of rotatable bonds is 6. The van der Waals surface area contributed by atoms with Crippen molar-refractivity contribution >= 4 is 41.2 Å². The van der Waals surface area contributed by atoms with Gasteiger partial charge in [-0.3, -0.25) is 10.1 Å². The summed E-state index contributed by atoms with van der Waals surface area (Å²) in [6, 6.07) is 11.2. The Morgan fingerprint density at radius 2 is 1.56 bits per heavy atom. The van der Waals surface area contributed by atoms with Crippen molar-refractivity contribution in [3.8, 4) is 0 Å². The molecule has 3 aromatic rings. The van der Waals surface area contributed by atoms with Gasteiger partial charge in [-0.25, -0.2) is 9.78 Å². The van der Waals surface area contributed by atoms with Gasteiger partial charge in [0.15, 0.2) is 6.29 Å². The lowest BCUT2D eigenvalue weighted by Crippen LogP contribution is -2.27. The van der Waals surface area contributed by atoms with Crippen molar-refractivity contribution in [2.75, 3.05) is 16.0 Å². The molecule has 1 heterocycles. The Morgan fingerprint density at radius 3 is 2.17 bits per heavy atom. The Labute approximate surface area is 207 Å². The second kappa shape index (κ2) is 12.0. The molecule has 8 nitrogen and oxygen atoms in total. The first-order valence-electron chi connectivity index (χ1n) is 11.1. The van der Waals surface area contributed by atoms with Crippen LogP contribution in [-0.2, 0) is 10.9 Å². The van der Waals surface area contributed by atoms with Crippen LogP contribution in [0.2, 0.25) is 0 Å². The van der Waals surface area contributed by atoms with E-state index in [-0.39, 0.29) is 23.0 Å². The summed E-state index contributed by atoms with van der Waals surface area (Å²) in [4.78, 5) is 31.6. The number of halogens is 3. The Balaban J connectivity index is 0.00000222. The normalized spacial score (nSPS) is 11.0. The van der Waals surface area contributed by atoms with E-state index in [1.54, 1.807) is 45.0 Å². The molecule has 0 aliphatic heterocycles. The summed E-state index contributed by atoms with van der Waals surface area (Å²) in [6.45, 7) is 9.23. The molecule has 0 unspecified atom stereocenters. The van der Waals surface area contributed by atoms with E-state index in [1.165, 1.54) is 18.3 Å². The number of anilines is 5. The summed E-state index contributed by atoms with van der Waals surface area (Å²) in [5.74, 6) is 0.101. The molecular weight excluding hydrogens is 475 g/mol. The van der Waals surface area contributed by atoms with Gasteiger partial charge in [0.05, 0.1) is 11.1 Å². The molecule has 0 aliphatic carbocycles. The molecule has 0 aliphatic rings. The lowest BCUT2D eigenvalue weighted by atomic mass is 10.2. The highest BCUT2D eigenvalue weighted by molar-refractivity contribution is 5.87. The van der Waals surface area contributed by atoms with E-state index >= 15 is 0 Å². The monoisotopic (exact) mass is 503 g/mol. The SMILES string of the molecule is CC.CC(C)(C)OC(=O)Nc1cccc(Nc2nc(Nc3cccc(C(F)(F)F)c3)ncc2C=O)c1. The molecule has 0 atom stereocenters. The molecule has 0 radical (unpaired) electrons. The van der Waals surface area contributed by atoms with Crippen LogP contribution in [0.1, 0.15) is 50.5 Å². The van der Waals surface area contributed by atoms with E-state index < -0.39 is 23.4 Å². The zero-order valence-corrected chi connectivity index (χ0v) is 20.5. The zero-order chi connectivity index (χ0) is 26.9. The topological polar surface area (TPSA) is 105 Å². The molecule has 192 valence electrons. The second-order valence-corrected chi connectivity index (χ2v) is 8.15. The third-order valence-corrected chi connectivity index (χ3v) is 4.16. The van der Waals surface area contributed by atoms with Crippen molar-refractivity contribution in [3.05, 3.63) is 65.9 Å². The van der Waals surface area contributed by atoms with Gasteiger partial charge in [-0.2, -0.15) is 18.2 Å². The van der Waals surface area contributed by atoms with Gasteiger partial charge in [0.2, 0.25) is 5.95 Å². The highest BCUT2D eigenvalue weighted by Gasteiger charge is 2.30. The van der Waals surface area contributed by atoms with E-state index in [9.17, 15) is 22.8 Å². The summed E-state index contributed by atoms with van der Waals surface area (Å²) < 4.78 is 44.1. The van der Waals surface area contributed by atoms with Crippen molar-refractivity contribution in [1.29, 1.82) is 0 Å². The fourth-order valence-electron chi connectivity index (χ4n) is 2.77. The minimum absolute atomic E-state index is 0.0181. The van der Waals surface area contributed by atoms with Gasteiger partial charge in [0.1, 0.15) is 11.4 Å². The quantitative estimate of drug-likeness (QED) is 0.306. The predicted molar refractivity (Wildman–Crippen MR) is 133 cm³/mol. The molecule has 36 heavy (non-hydrogen) atoms. The first-order valence-corrected chi connectivity index (χ1v) is 11.1. The first-order chi connectivity index (χ1) is 16.9. The van der Waals surface area contributed by atoms with E-state index in [1.807, 2.05) is 13.8 Å². The molecule has 1 aromatic heterocycles. The number of carbonyl (C=O) groups is 2. The Morgan fingerprint density at radius 1 is 0.944 bits per heavy atom. The Kier molecular flexibility index (Phi) is 9.37. The maximum Gasteiger partial charge on any atom is 0.416 e. The summed E-state index contributed by atoms with van der Waals surface area (Å²) in [6.07, 6.45) is -3.35. The second-order valence-electron chi connectivity index (χ2n) is 8.15. The molecule has 2 aromatic carbocycles. The lowest BCUT2D eigenvalue weighted by Gasteiger charge is -2.19. The van der Waals surface area contributed by atoms with E-state index in [0.717, 1.165) is 12.1 Å². The summed E-state index contributed by atoms with van der Waals surface area (Å²) in [5.41, 5.74) is -0.315. The van der Waals surface area contributed by atoms with Crippen molar-refractivity contribution in [2.45, 2.75) is 46.4 Å². The molecule has 1 amide bonds. The van der Waals surface area contributed by atoms with Gasteiger partial charge < -0.3 is 15.4 Å². The fourth-order valence-corrected chi connectivity index (χ4v) is 2.77. The smallest absolute Gasteiger partial charge is 0.416 e. The Hall–Kier alpha value is -4.15. The maximum atomic E-state index is 13.0. The number of nitrogens with one attached hydrogen (secondary N) is 3. The molecule has 0 saturated carbocycles. The number of amides is 1. The van der Waals surface area contributed by atoms with Crippen LogP contribution in [-0.4, -0.2) is 27.9 Å². The molecule has 0 spiro atoms. The van der Waals surface area contributed by atoms with Gasteiger partial charge in [-0.1, -0.05) is 26.0 Å². The van der Waals surface area contributed by atoms with Crippen LogP contribution in [0, 0.1) is 0 Å². The minimum Gasteiger partial charge on any atom is -0.444 e. The molecule has 3 N–H and O–H groups in total. The molecule has 0 fully saturated rings. The van der Waals surface area contributed by atoms with Crippen LogP contribution in [0.25, 0.3) is 0 Å². The number of ether oxygens (including phenoxy) is 1. The summed E-state index contributed by atoms with van der Waals surface area (Å²) in [5, 5.41) is 8.26. The molecular formula is C25H28F3N5O3. The van der Waals surface area contributed by atoms with Crippen LogP contribution in [0.15, 0.2) is 54.7 Å². The van der Waals surface area contributed by atoms with Crippen LogP contribution < -0.4 is 16.0 Å². The third-order valence-electron chi connectivity index (χ3n) is 4.16. The van der Waals surface area contributed by atoms with E-state index in [0.29, 0.717) is 17.7 Å². The summed E-state index contributed by atoms with van der Waals surface area (Å²) >= 11 is 0. The van der Waals surface area contributed by atoms with Crippen molar-refractivity contribution in [2.24, 2.45) is 0 Å². The highest BCUT2D eigenvalue weighted by atomic mass is 19.4. The van der Waals surface area contributed by atoms with Crippen LogP contribution in [0.4, 0.5) is 46.8 Å². The Bertz CT molecular complexity index is 1190. The highest BCUT2D eigenvalue weighted by Crippen LogP contribution is 2.31. The fraction of sp³-hybridized carbons (Fsp3) is 0.280. The van der Waals surface area contributed by atoms with Crippen LogP contribution >= 0.6 is 0 Å². The molecule has 3 rings (SSSR count). The average Bonchev–Trinajstić information content (AvgIpc) is 2.79. The number of aldehydes is 1. The minimum atomic E-state index is -4.50. The van der Waals surface area contributed by atoms with Gasteiger partial charge in [0.25, 0.3) is 0 Å². The average molecular weight is 504 g/mol. The predicted octanol–water partition coefficient (Wildman–Crippen LogP) is 7.17. The van der Waals surface area contributed by atoms with Gasteiger partial charge in [0, 0.05) is 23.3 Å². The number of alkyl halides is 3. The van der Waals surface area contributed by atoms with Crippen molar-refractivity contribution in [3.63, 3.8) is 0 Å². The number of hydrogen-bond acceptors (Lipinski definition) is 7. The van der Waals surface area contributed by atoms with Gasteiger partial charge in [-0.05, 0) is 57.2 Å². The van der Waals surface area contributed by atoms with Crippen molar-refractivity contribution < 1.29 is 27.5 Å². The standard InChI is InChI=1S/C23H22F3N5O3.C2H6/c1-22(2,3)34-21(33)30-18-9-5-8-17(11-18)28-19-14(13-32)12-27-20(31-19)29-16-7-4-6-15(10-16)23(24,25)26;1-2/h4-13H,1-3H3,(H,30,33)(H2,27,28,29,31);1-2H3. The molecule has 0 bridgehead atoms. The van der Waals surface area contributed by atoms with Gasteiger partial charge in [-0.15, -0.1) is 0 Å². The lowest BCUT2D eigenvalue weighted by molar-refractivity contribution is -0.137. The number of hydrogen-bond donors (Lipinski definition) is 3. The summed E-state index contributed by atoms with van der Waals surface area (Å²) in [7, 11) is 0. The van der Waals surface area contributed by atoms with Gasteiger partial charge >= 0.3 is 12.3 Å². The molecule has 11 heteroatoms. The number of aromatic nitrogens is 2. The number of carbonyl (C=O) groups excluding carboxylic acids is 2. The zero-order valence-electron chi connectivity index (χ0n) is 20.5. The van der Waals surface area contributed by atoms with Crippen LogP contribution in [0.5, 0.6) is 0 Å². The van der Waals surface area contributed by atoms with Crippen LogP contribution in [0.3, 0.4) is 0 Å². The first kappa shape index (κ1) is 28.1. The molecule has 0 saturated heterocycles. The number of nitrogens with zero attached hydrogens (tertiary/aromatic N) is 2. The van der Waals surface area contributed by atoms with E-state index in [4.69, 9.17) is 4.74 Å². The third kappa shape index (κ3) is 8.57. The largest absolute Gasteiger partial charge is 0.444 e. The maximum absolute atomic E-state index is 13.0. The van der Waals surface area contributed by atoms with Crippen molar-refractivity contribution in [1.82, 2.24) is 9.97 Å². The number of benzene rings is 2.